The molecule has 0 saturated carbocycles. The Bertz CT molecular complexity index is 160. The molecule has 0 radical (unpaired) electrons. The van der Waals surface area contributed by atoms with E-state index in [0.29, 0.717) is 5.41 Å². The molecule has 3 heteroatoms. The van der Waals surface area contributed by atoms with Crippen LogP contribution >= 0.6 is 0 Å². The highest BCUT2D eigenvalue weighted by Gasteiger charge is 2.20. The van der Waals surface area contributed by atoms with Crippen LogP contribution in [0.5, 0.6) is 0 Å². The summed E-state index contributed by atoms with van der Waals surface area (Å²) in [5, 5.41) is 3.50. The molecule has 16 heavy (non-hydrogen) atoms. The number of hydrogen-bond donors (Lipinski definition) is 1. The van der Waals surface area contributed by atoms with Gasteiger partial charge >= 0.3 is 0 Å². The minimum absolute atomic E-state index is 0.332. The number of nitrogens with zero attached hydrogens (tertiary/aromatic N) is 1. The van der Waals surface area contributed by atoms with Crippen molar-refractivity contribution < 1.29 is 4.74 Å². The van der Waals surface area contributed by atoms with E-state index < -0.39 is 0 Å². The molecule has 0 aromatic carbocycles. The predicted octanol–water partition coefficient (Wildman–Crippen LogP) is 1.98. The summed E-state index contributed by atoms with van der Waals surface area (Å²) in [6.45, 7) is 15.4. The van der Waals surface area contributed by atoms with E-state index in [2.05, 4.69) is 37.9 Å². The number of likely N-dealkylation sites (N-methyl/N-ethyl adjacent to an activating group) is 1. The van der Waals surface area contributed by atoms with Gasteiger partial charge in [-0.05, 0) is 24.9 Å². The quantitative estimate of drug-likeness (QED) is 0.581. The Morgan fingerprint density at radius 2 is 1.94 bits per heavy atom. The van der Waals surface area contributed by atoms with E-state index in [-0.39, 0.29) is 0 Å². The first-order chi connectivity index (χ1) is 7.55. The summed E-state index contributed by atoms with van der Waals surface area (Å²) in [6, 6.07) is 0. The van der Waals surface area contributed by atoms with Crippen LogP contribution < -0.4 is 5.32 Å². The molecule has 0 rings (SSSR count). The van der Waals surface area contributed by atoms with Gasteiger partial charge in [0, 0.05) is 26.7 Å². The van der Waals surface area contributed by atoms with Gasteiger partial charge in [-0.15, -0.1) is 0 Å². The molecule has 0 saturated heterocycles. The van der Waals surface area contributed by atoms with Crippen LogP contribution in [0.1, 0.15) is 34.1 Å². The van der Waals surface area contributed by atoms with Gasteiger partial charge in [-0.3, -0.25) is 0 Å². The van der Waals surface area contributed by atoms with Crippen LogP contribution in [0.3, 0.4) is 0 Å². The smallest absolute Gasteiger partial charge is 0.0589 e. The van der Waals surface area contributed by atoms with Crippen molar-refractivity contribution in [2.24, 2.45) is 5.41 Å². The summed E-state index contributed by atoms with van der Waals surface area (Å²) in [5.41, 5.74) is 0.332. The molecule has 0 spiro atoms. The Morgan fingerprint density at radius 1 is 1.25 bits per heavy atom. The molecule has 0 aliphatic carbocycles. The van der Waals surface area contributed by atoms with Crippen LogP contribution in [0.25, 0.3) is 0 Å². The highest BCUT2D eigenvalue weighted by molar-refractivity contribution is 4.76. The van der Waals surface area contributed by atoms with Crippen molar-refractivity contribution in [1.82, 2.24) is 10.2 Å². The average molecular weight is 230 g/mol. The topological polar surface area (TPSA) is 24.5 Å². The molecule has 0 heterocycles. The largest absolute Gasteiger partial charge is 0.383 e. The van der Waals surface area contributed by atoms with E-state index in [1.54, 1.807) is 7.11 Å². The van der Waals surface area contributed by atoms with Gasteiger partial charge in [0.2, 0.25) is 0 Å². The number of rotatable bonds is 10. The van der Waals surface area contributed by atoms with Crippen LogP contribution in [0.2, 0.25) is 0 Å². The van der Waals surface area contributed by atoms with Crippen molar-refractivity contribution >= 4 is 0 Å². The Morgan fingerprint density at radius 3 is 2.44 bits per heavy atom. The second-order valence-corrected chi connectivity index (χ2v) is 5.20. The Hall–Kier alpha value is -0.120. The maximum Gasteiger partial charge on any atom is 0.0589 e. The van der Waals surface area contributed by atoms with Crippen LogP contribution in [-0.4, -0.2) is 51.3 Å². The highest BCUT2D eigenvalue weighted by atomic mass is 16.5. The fraction of sp³-hybridized carbons (Fsp3) is 1.00. The number of methoxy groups -OCH3 is 1. The second kappa shape index (κ2) is 8.97. The summed E-state index contributed by atoms with van der Waals surface area (Å²) < 4.78 is 5.13. The zero-order valence-electron chi connectivity index (χ0n) is 11.8. The fourth-order valence-corrected chi connectivity index (χ4v) is 1.83. The van der Waals surface area contributed by atoms with E-state index in [0.717, 1.165) is 39.3 Å². The molecule has 98 valence electrons. The lowest BCUT2D eigenvalue weighted by atomic mass is 9.92. The first kappa shape index (κ1) is 15.9. The molecule has 1 N–H and O–H groups in total. The van der Waals surface area contributed by atoms with E-state index in [9.17, 15) is 0 Å². The Balaban J connectivity index is 3.89. The minimum Gasteiger partial charge on any atom is -0.383 e. The van der Waals surface area contributed by atoms with Crippen molar-refractivity contribution in [2.45, 2.75) is 34.1 Å². The summed E-state index contributed by atoms with van der Waals surface area (Å²) in [7, 11) is 1.77. The fourth-order valence-electron chi connectivity index (χ4n) is 1.83. The summed E-state index contributed by atoms with van der Waals surface area (Å²) in [4.78, 5) is 2.46. The molecule has 0 unspecified atom stereocenters. The van der Waals surface area contributed by atoms with E-state index in [4.69, 9.17) is 4.74 Å². The monoisotopic (exact) mass is 230 g/mol. The van der Waals surface area contributed by atoms with Crippen molar-refractivity contribution in [2.75, 3.05) is 46.4 Å². The van der Waals surface area contributed by atoms with Gasteiger partial charge in [-0.25, -0.2) is 0 Å². The van der Waals surface area contributed by atoms with Gasteiger partial charge < -0.3 is 15.0 Å². The highest BCUT2D eigenvalue weighted by Crippen LogP contribution is 2.15. The molecule has 0 bridgehead atoms. The van der Waals surface area contributed by atoms with Gasteiger partial charge in [0.25, 0.3) is 0 Å². The van der Waals surface area contributed by atoms with Crippen molar-refractivity contribution in [3.8, 4) is 0 Å². The van der Waals surface area contributed by atoms with Crippen LogP contribution in [-0.2, 0) is 4.74 Å². The molecule has 0 aromatic heterocycles. The van der Waals surface area contributed by atoms with E-state index in [1.165, 1.54) is 6.42 Å². The summed E-state index contributed by atoms with van der Waals surface area (Å²) in [6.07, 6.45) is 1.21. The standard InChI is InChI=1S/C13H30N2O/c1-6-8-14-11-13(3,4)12-15(7-2)9-10-16-5/h14H,6-12H2,1-5H3. The van der Waals surface area contributed by atoms with Crippen molar-refractivity contribution in [3.05, 3.63) is 0 Å². The molecule has 0 fully saturated rings. The van der Waals surface area contributed by atoms with Gasteiger partial charge in [-0.1, -0.05) is 27.7 Å². The van der Waals surface area contributed by atoms with E-state index >= 15 is 0 Å². The number of ether oxygens (including phenoxy) is 1. The maximum atomic E-state index is 5.13. The molecular formula is C13H30N2O. The third kappa shape index (κ3) is 8.08. The van der Waals surface area contributed by atoms with Crippen molar-refractivity contribution in [3.63, 3.8) is 0 Å². The molecule has 3 nitrogen and oxygen atoms in total. The Labute approximate surface area is 102 Å². The lowest BCUT2D eigenvalue weighted by Gasteiger charge is -2.32. The molecule has 0 aromatic rings. The minimum atomic E-state index is 0.332. The third-order valence-electron chi connectivity index (χ3n) is 2.74. The van der Waals surface area contributed by atoms with Crippen molar-refractivity contribution in [1.29, 1.82) is 0 Å². The molecular weight excluding hydrogens is 200 g/mol. The SMILES string of the molecule is CCCNCC(C)(C)CN(CC)CCOC. The predicted molar refractivity (Wildman–Crippen MR) is 70.9 cm³/mol. The van der Waals surface area contributed by atoms with Gasteiger partial charge in [0.15, 0.2) is 0 Å². The summed E-state index contributed by atoms with van der Waals surface area (Å²) >= 11 is 0. The first-order valence-electron chi connectivity index (χ1n) is 6.47. The molecule has 0 amide bonds. The zero-order valence-corrected chi connectivity index (χ0v) is 11.8. The van der Waals surface area contributed by atoms with Crippen LogP contribution in [0.4, 0.5) is 0 Å². The maximum absolute atomic E-state index is 5.13. The summed E-state index contributed by atoms with van der Waals surface area (Å²) in [5.74, 6) is 0. The molecule has 0 atom stereocenters. The lowest BCUT2D eigenvalue weighted by Crippen LogP contribution is -2.41. The third-order valence-corrected chi connectivity index (χ3v) is 2.74. The number of hydrogen-bond acceptors (Lipinski definition) is 3. The second-order valence-electron chi connectivity index (χ2n) is 5.20. The number of nitrogens with one attached hydrogen (secondary N) is 1. The normalized spacial score (nSPS) is 12.4. The van der Waals surface area contributed by atoms with Crippen LogP contribution in [0.15, 0.2) is 0 Å². The average Bonchev–Trinajstić information content (AvgIpc) is 2.24. The van der Waals surface area contributed by atoms with Crippen LogP contribution in [0, 0.1) is 5.41 Å². The lowest BCUT2D eigenvalue weighted by molar-refractivity contribution is 0.121. The molecule has 0 aliphatic rings. The zero-order chi connectivity index (χ0) is 12.4. The van der Waals surface area contributed by atoms with Gasteiger partial charge in [-0.2, -0.15) is 0 Å². The van der Waals surface area contributed by atoms with E-state index in [1.807, 2.05) is 0 Å². The van der Waals surface area contributed by atoms with Gasteiger partial charge in [0.05, 0.1) is 6.61 Å². The van der Waals surface area contributed by atoms with Gasteiger partial charge in [0.1, 0.15) is 0 Å². The Kier molecular flexibility index (Phi) is 8.90. The first-order valence-corrected chi connectivity index (χ1v) is 6.47. The molecule has 0 aliphatic heterocycles.